The van der Waals surface area contributed by atoms with Crippen molar-refractivity contribution < 1.29 is 9.47 Å². The molecule has 3 nitrogen and oxygen atoms in total. The summed E-state index contributed by atoms with van der Waals surface area (Å²) < 4.78 is 11.3. The highest BCUT2D eigenvalue weighted by Crippen LogP contribution is 2.43. The number of ether oxygens (including phenoxy) is 2. The van der Waals surface area contributed by atoms with Crippen LogP contribution in [0.5, 0.6) is 11.5 Å². The smallest absolute Gasteiger partial charge is 0.122 e. The minimum absolute atomic E-state index is 0.692. The fourth-order valence-corrected chi connectivity index (χ4v) is 5.27. The summed E-state index contributed by atoms with van der Waals surface area (Å²) in [6.45, 7) is 6.55. The average Bonchev–Trinajstić information content (AvgIpc) is 3.13. The van der Waals surface area contributed by atoms with Gasteiger partial charge in [0.25, 0.3) is 0 Å². The normalized spacial score (nSPS) is 19.3. The molecule has 3 aromatic rings. The molecule has 2 aliphatic rings. The van der Waals surface area contributed by atoms with Gasteiger partial charge in [0.1, 0.15) is 11.5 Å². The SMILES string of the molecule is COc1cc2c3c(c4cc(OC)c(C)cc4c2cc1C)CN1CCCC1C3. The molecule has 0 spiro atoms. The molecule has 1 saturated heterocycles. The van der Waals surface area contributed by atoms with Crippen LogP contribution in [0.25, 0.3) is 21.5 Å². The van der Waals surface area contributed by atoms with Gasteiger partial charge in [-0.3, -0.25) is 4.90 Å². The van der Waals surface area contributed by atoms with E-state index in [0.29, 0.717) is 6.04 Å². The summed E-state index contributed by atoms with van der Waals surface area (Å²) in [5.74, 6) is 1.97. The highest BCUT2D eigenvalue weighted by molar-refractivity contribution is 6.12. The molecule has 27 heavy (non-hydrogen) atoms. The molecule has 2 heterocycles. The third kappa shape index (κ3) is 2.45. The number of benzene rings is 3. The van der Waals surface area contributed by atoms with Crippen molar-refractivity contribution in [2.24, 2.45) is 0 Å². The van der Waals surface area contributed by atoms with E-state index in [1.165, 1.54) is 63.2 Å². The lowest BCUT2D eigenvalue weighted by atomic mass is 9.84. The molecule has 5 rings (SSSR count). The van der Waals surface area contributed by atoms with Gasteiger partial charge >= 0.3 is 0 Å². The molecule has 1 unspecified atom stereocenters. The first-order valence-electron chi connectivity index (χ1n) is 9.95. The second-order valence-corrected chi connectivity index (χ2v) is 8.16. The Kier molecular flexibility index (Phi) is 3.83. The molecule has 3 aromatic carbocycles. The molecular formula is C24H27NO2. The minimum atomic E-state index is 0.692. The molecule has 0 aliphatic carbocycles. The van der Waals surface area contributed by atoms with Crippen LogP contribution >= 0.6 is 0 Å². The number of aryl methyl sites for hydroxylation is 2. The molecule has 0 aromatic heterocycles. The van der Waals surface area contributed by atoms with Gasteiger partial charge < -0.3 is 9.47 Å². The highest BCUT2D eigenvalue weighted by atomic mass is 16.5. The summed E-state index contributed by atoms with van der Waals surface area (Å²) in [4.78, 5) is 2.67. The molecule has 3 heteroatoms. The van der Waals surface area contributed by atoms with Gasteiger partial charge in [-0.05, 0) is 108 Å². The maximum Gasteiger partial charge on any atom is 0.122 e. The van der Waals surface area contributed by atoms with Crippen LogP contribution in [-0.2, 0) is 13.0 Å². The Hall–Kier alpha value is -2.26. The number of methoxy groups -OCH3 is 2. The number of hydrogen-bond donors (Lipinski definition) is 0. The summed E-state index contributed by atoms with van der Waals surface area (Å²) in [7, 11) is 3.54. The topological polar surface area (TPSA) is 21.7 Å². The number of fused-ring (bicyclic) bond motifs is 7. The van der Waals surface area contributed by atoms with Crippen molar-refractivity contribution in [3.8, 4) is 11.5 Å². The fourth-order valence-electron chi connectivity index (χ4n) is 5.27. The Morgan fingerprint density at radius 1 is 0.815 bits per heavy atom. The van der Waals surface area contributed by atoms with Gasteiger partial charge in [-0.25, -0.2) is 0 Å². The van der Waals surface area contributed by atoms with Crippen LogP contribution in [-0.4, -0.2) is 31.7 Å². The first kappa shape index (κ1) is 16.9. The Morgan fingerprint density at radius 3 is 2.00 bits per heavy atom. The van der Waals surface area contributed by atoms with Crippen LogP contribution in [0.2, 0.25) is 0 Å². The van der Waals surface area contributed by atoms with Gasteiger partial charge in [-0.15, -0.1) is 0 Å². The zero-order chi connectivity index (χ0) is 18.7. The Labute approximate surface area is 160 Å². The highest BCUT2D eigenvalue weighted by Gasteiger charge is 2.32. The monoisotopic (exact) mass is 361 g/mol. The summed E-state index contributed by atoms with van der Waals surface area (Å²) in [5.41, 5.74) is 5.39. The maximum atomic E-state index is 5.67. The standard InChI is InChI=1S/C24H27NO2/c1-14-8-17-18-9-15(2)24(27-4)12-21(18)22-13-25-7-5-6-16(25)10-19(22)20(17)11-23(14)26-3/h8-9,11-12,16H,5-7,10,13H2,1-4H3. The van der Waals surface area contributed by atoms with Gasteiger partial charge in [0.15, 0.2) is 0 Å². The summed E-state index contributed by atoms with van der Waals surface area (Å²) in [6.07, 6.45) is 3.78. The molecule has 0 radical (unpaired) electrons. The molecule has 2 aliphatic heterocycles. The zero-order valence-corrected chi connectivity index (χ0v) is 16.7. The fraction of sp³-hybridized carbons (Fsp3) is 0.417. The predicted octanol–water partition coefficient (Wildman–Crippen LogP) is 5.15. The molecule has 0 amide bonds. The van der Waals surface area contributed by atoms with Crippen molar-refractivity contribution in [2.75, 3.05) is 20.8 Å². The lowest BCUT2D eigenvalue weighted by Crippen LogP contribution is -2.35. The molecule has 0 N–H and O–H groups in total. The lowest BCUT2D eigenvalue weighted by Gasteiger charge is -2.33. The molecule has 0 saturated carbocycles. The van der Waals surface area contributed by atoms with Crippen LogP contribution in [0.15, 0.2) is 24.3 Å². The first-order valence-corrected chi connectivity index (χ1v) is 9.95. The van der Waals surface area contributed by atoms with Crippen LogP contribution in [0.1, 0.15) is 35.1 Å². The van der Waals surface area contributed by atoms with E-state index in [-0.39, 0.29) is 0 Å². The number of nitrogens with zero attached hydrogens (tertiary/aromatic N) is 1. The third-order valence-electron chi connectivity index (χ3n) is 6.67. The van der Waals surface area contributed by atoms with Crippen LogP contribution in [0.3, 0.4) is 0 Å². The van der Waals surface area contributed by atoms with Crippen LogP contribution in [0, 0.1) is 13.8 Å². The van der Waals surface area contributed by atoms with Crippen molar-refractivity contribution in [3.05, 3.63) is 46.5 Å². The van der Waals surface area contributed by atoms with Crippen molar-refractivity contribution in [1.29, 1.82) is 0 Å². The van der Waals surface area contributed by atoms with E-state index in [1.54, 1.807) is 14.2 Å². The summed E-state index contributed by atoms with van der Waals surface area (Å²) >= 11 is 0. The van der Waals surface area contributed by atoms with Crippen molar-refractivity contribution in [3.63, 3.8) is 0 Å². The van der Waals surface area contributed by atoms with Crippen LogP contribution < -0.4 is 9.47 Å². The van der Waals surface area contributed by atoms with Gasteiger partial charge in [0.2, 0.25) is 0 Å². The third-order valence-corrected chi connectivity index (χ3v) is 6.67. The van der Waals surface area contributed by atoms with E-state index < -0.39 is 0 Å². The minimum Gasteiger partial charge on any atom is -0.496 e. The molecular weight excluding hydrogens is 334 g/mol. The van der Waals surface area contributed by atoms with Crippen LogP contribution in [0.4, 0.5) is 0 Å². The van der Waals surface area contributed by atoms with Gasteiger partial charge in [-0.1, -0.05) is 0 Å². The van der Waals surface area contributed by atoms with E-state index in [2.05, 4.69) is 43.0 Å². The second kappa shape index (κ2) is 6.13. The number of rotatable bonds is 2. The van der Waals surface area contributed by atoms with E-state index >= 15 is 0 Å². The maximum absolute atomic E-state index is 5.67. The zero-order valence-electron chi connectivity index (χ0n) is 16.7. The Balaban J connectivity index is 1.91. The van der Waals surface area contributed by atoms with Crippen molar-refractivity contribution >= 4 is 21.5 Å². The van der Waals surface area contributed by atoms with Gasteiger partial charge in [-0.2, -0.15) is 0 Å². The van der Waals surface area contributed by atoms with Gasteiger partial charge in [0.05, 0.1) is 14.2 Å². The van der Waals surface area contributed by atoms with E-state index in [1.807, 2.05) is 0 Å². The molecule has 140 valence electrons. The van der Waals surface area contributed by atoms with E-state index in [0.717, 1.165) is 24.5 Å². The van der Waals surface area contributed by atoms with E-state index in [4.69, 9.17) is 9.47 Å². The van der Waals surface area contributed by atoms with Gasteiger partial charge in [0, 0.05) is 12.6 Å². The quantitative estimate of drug-likeness (QED) is 0.589. The largest absolute Gasteiger partial charge is 0.496 e. The van der Waals surface area contributed by atoms with Crippen molar-refractivity contribution in [1.82, 2.24) is 4.90 Å². The Morgan fingerprint density at radius 2 is 1.41 bits per heavy atom. The summed E-state index contributed by atoms with van der Waals surface area (Å²) in [5, 5.41) is 5.41. The number of hydrogen-bond acceptors (Lipinski definition) is 3. The molecule has 1 fully saturated rings. The van der Waals surface area contributed by atoms with E-state index in [9.17, 15) is 0 Å². The lowest BCUT2D eigenvalue weighted by molar-refractivity contribution is 0.229. The average molecular weight is 361 g/mol. The summed E-state index contributed by atoms with van der Waals surface area (Å²) in [6, 6.07) is 9.84. The predicted molar refractivity (Wildman–Crippen MR) is 111 cm³/mol. The first-order chi connectivity index (χ1) is 13.1. The molecule has 0 bridgehead atoms. The second-order valence-electron chi connectivity index (χ2n) is 8.16. The van der Waals surface area contributed by atoms with Crippen molar-refractivity contribution in [2.45, 2.75) is 45.7 Å². The molecule has 1 atom stereocenters. The Bertz CT molecular complexity index is 985.